The van der Waals surface area contributed by atoms with Gasteiger partial charge in [0.15, 0.2) is 0 Å². The first-order valence-corrected chi connectivity index (χ1v) is 8.10. The number of carbonyl (C=O) groups excluding carboxylic acids is 3. The molecular weight excluding hydrogens is 339 g/mol. The fraction of sp³-hybridized carbons (Fsp3) is 0.211. The van der Waals surface area contributed by atoms with Crippen LogP contribution < -0.4 is 10.6 Å². The van der Waals surface area contributed by atoms with Crippen molar-refractivity contribution in [2.75, 3.05) is 18.5 Å². The van der Waals surface area contributed by atoms with Crippen molar-refractivity contribution in [2.45, 2.75) is 13.3 Å². The van der Waals surface area contributed by atoms with Gasteiger partial charge in [-0.1, -0.05) is 12.1 Å². The molecule has 0 saturated heterocycles. The van der Waals surface area contributed by atoms with Gasteiger partial charge in [-0.2, -0.15) is 0 Å². The maximum Gasteiger partial charge on any atom is 0.338 e. The van der Waals surface area contributed by atoms with E-state index in [1.54, 1.807) is 19.1 Å². The molecule has 2 rings (SSSR count). The zero-order valence-electron chi connectivity index (χ0n) is 14.3. The number of benzene rings is 2. The number of esters is 1. The van der Waals surface area contributed by atoms with Gasteiger partial charge in [-0.05, 0) is 55.3 Å². The molecule has 0 aliphatic heterocycles. The molecule has 7 heteroatoms. The quantitative estimate of drug-likeness (QED) is 0.613. The van der Waals surface area contributed by atoms with E-state index >= 15 is 0 Å². The van der Waals surface area contributed by atoms with Gasteiger partial charge in [0.05, 0.1) is 12.2 Å². The topological polar surface area (TPSA) is 84.5 Å². The van der Waals surface area contributed by atoms with Crippen molar-refractivity contribution < 1.29 is 23.5 Å². The van der Waals surface area contributed by atoms with Gasteiger partial charge in [-0.25, -0.2) is 9.18 Å². The zero-order chi connectivity index (χ0) is 18.9. The minimum atomic E-state index is -0.812. The zero-order valence-corrected chi connectivity index (χ0v) is 14.3. The van der Waals surface area contributed by atoms with Gasteiger partial charge in [0.1, 0.15) is 5.82 Å². The molecule has 136 valence electrons. The van der Waals surface area contributed by atoms with Crippen molar-refractivity contribution in [3.05, 3.63) is 65.5 Å². The molecule has 0 aromatic heterocycles. The molecule has 26 heavy (non-hydrogen) atoms. The molecule has 2 N–H and O–H groups in total. The maximum atomic E-state index is 12.8. The van der Waals surface area contributed by atoms with Crippen LogP contribution >= 0.6 is 0 Å². The number of hydrogen-bond acceptors (Lipinski definition) is 4. The number of anilines is 1. The molecule has 0 aliphatic carbocycles. The highest BCUT2D eigenvalue weighted by Gasteiger charge is 2.13. The average molecular weight is 358 g/mol. The summed E-state index contributed by atoms with van der Waals surface area (Å²) in [5.74, 6) is -2.37. The lowest BCUT2D eigenvalue weighted by atomic mass is 10.1. The van der Waals surface area contributed by atoms with Crippen LogP contribution in [0.25, 0.3) is 0 Å². The van der Waals surface area contributed by atoms with E-state index in [-0.39, 0.29) is 19.0 Å². The maximum absolute atomic E-state index is 12.8. The second-order valence-electron chi connectivity index (χ2n) is 5.38. The molecule has 2 amide bonds. The molecule has 0 fully saturated rings. The molecule has 0 radical (unpaired) electrons. The molecule has 0 saturated carbocycles. The minimum absolute atomic E-state index is 0.250. The predicted molar refractivity (Wildman–Crippen MR) is 94.1 cm³/mol. The van der Waals surface area contributed by atoms with Crippen LogP contribution in [0.15, 0.2) is 48.5 Å². The monoisotopic (exact) mass is 358 g/mol. The lowest BCUT2D eigenvalue weighted by Gasteiger charge is -2.07. The normalized spacial score (nSPS) is 10.1. The highest BCUT2D eigenvalue weighted by atomic mass is 19.1. The summed E-state index contributed by atoms with van der Waals surface area (Å²) in [6.45, 7) is 2.23. The van der Waals surface area contributed by atoms with Gasteiger partial charge in [0, 0.05) is 12.2 Å². The van der Waals surface area contributed by atoms with Crippen LogP contribution in [-0.4, -0.2) is 30.9 Å². The van der Waals surface area contributed by atoms with E-state index < -0.39 is 17.8 Å². The SMILES string of the molecule is CCOC(=O)c1ccc(NC(=O)C(=O)NCCc2ccc(F)cc2)cc1. The van der Waals surface area contributed by atoms with Crippen molar-refractivity contribution in [1.82, 2.24) is 5.32 Å². The van der Waals surface area contributed by atoms with Crippen LogP contribution in [-0.2, 0) is 20.7 Å². The van der Waals surface area contributed by atoms with Gasteiger partial charge in [0.2, 0.25) is 0 Å². The summed E-state index contributed by atoms with van der Waals surface area (Å²) in [7, 11) is 0. The van der Waals surface area contributed by atoms with E-state index in [2.05, 4.69) is 10.6 Å². The Morgan fingerprint density at radius 1 is 0.962 bits per heavy atom. The largest absolute Gasteiger partial charge is 0.462 e. The van der Waals surface area contributed by atoms with Crippen molar-refractivity contribution in [3.8, 4) is 0 Å². The third kappa shape index (κ3) is 5.70. The van der Waals surface area contributed by atoms with E-state index in [0.717, 1.165) is 5.56 Å². The Morgan fingerprint density at radius 3 is 2.23 bits per heavy atom. The van der Waals surface area contributed by atoms with Gasteiger partial charge in [0.25, 0.3) is 0 Å². The summed E-state index contributed by atoms with van der Waals surface area (Å²) in [5, 5.41) is 4.94. The molecular formula is C19H19FN2O4. The molecule has 2 aromatic rings. The van der Waals surface area contributed by atoms with E-state index in [1.165, 1.54) is 36.4 Å². The molecule has 2 aromatic carbocycles. The van der Waals surface area contributed by atoms with Crippen LogP contribution in [0.4, 0.5) is 10.1 Å². The molecule has 0 atom stereocenters. The highest BCUT2D eigenvalue weighted by molar-refractivity contribution is 6.39. The van der Waals surface area contributed by atoms with E-state index in [1.807, 2.05) is 0 Å². The molecule has 6 nitrogen and oxygen atoms in total. The molecule has 0 bridgehead atoms. The summed E-state index contributed by atoms with van der Waals surface area (Å²) in [6, 6.07) is 11.9. The van der Waals surface area contributed by atoms with E-state index in [9.17, 15) is 18.8 Å². The first-order valence-electron chi connectivity index (χ1n) is 8.10. The second-order valence-corrected chi connectivity index (χ2v) is 5.38. The van der Waals surface area contributed by atoms with Crippen LogP contribution in [0.5, 0.6) is 0 Å². The summed E-state index contributed by atoms with van der Waals surface area (Å²) in [5.41, 5.74) is 1.59. The number of ether oxygens (including phenoxy) is 1. The van der Waals surface area contributed by atoms with Crippen LogP contribution in [0.3, 0.4) is 0 Å². The molecule has 0 heterocycles. The van der Waals surface area contributed by atoms with Crippen LogP contribution in [0.2, 0.25) is 0 Å². The number of amides is 2. The van der Waals surface area contributed by atoms with Gasteiger partial charge in [-0.3, -0.25) is 9.59 Å². The Labute approximate surface area is 150 Å². The van der Waals surface area contributed by atoms with E-state index in [0.29, 0.717) is 17.7 Å². The van der Waals surface area contributed by atoms with Gasteiger partial charge < -0.3 is 15.4 Å². The van der Waals surface area contributed by atoms with Crippen molar-refractivity contribution in [1.29, 1.82) is 0 Å². The fourth-order valence-electron chi connectivity index (χ4n) is 2.14. The Morgan fingerprint density at radius 2 is 1.62 bits per heavy atom. The third-order valence-corrected chi connectivity index (χ3v) is 3.47. The number of nitrogens with one attached hydrogen (secondary N) is 2. The second kappa shape index (κ2) is 9.31. The summed E-state index contributed by atoms with van der Waals surface area (Å²) in [4.78, 5) is 35.2. The lowest BCUT2D eigenvalue weighted by molar-refractivity contribution is -0.136. The number of halogens is 1. The summed E-state index contributed by atoms with van der Waals surface area (Å²) >= 11 is 0. The Balaban J connectivity index is 1.80. The lowest BCUT2D eigenvalue weighted by Crippen LogP contribution is -2.36. The first kappa shape index (κ1) is 19.1. The number of hydrogen-bond donors (Lipinski definition) is 2. The summed E-state index contributed by atoms with van der Waals surface area (Å²) < 4.78 is 17.7. The Hall–Kier alpha value is -3.22. The van der Waals surface area contributed by atoms with Crippen molar-refractivity contribution >= 4 is 23.5 Å². The average Bonchev–Trinajstić information content (AvgIpc) is 2.64. The van der Waals surface area contributed by atoms with Gasteiger partial charge >= 0.3 is 17.8 Å². The first-order chi connectivity index (χ1) is 12.5. The van der Waals surface area contributed by atoms with Crippen molar-refractivity contribution in [2.24, 2.45) is 0 Å². The Kier molecular flexibility index (Phi) is 6.84. The fourth-order valence-corrected chi connectivity index (χ4v) is 2.14. The summed E-state index contributed by atoms with van der Waals surface area (Å²) in [6.07, 6.45) is 0.480. The minimum Gasteiger partial charge on any atom is -0.462 e. The molecule has 0 unspecified atom stereocenters. The smallest absolute Gasteiger partial charge is 0.338 e. The predicted octanol–water partition coefficient (Wildman–Crippen LogP) is 2.30. The molecule has 0 aliphatic rings. The van der Waals surface area contributed by atoms with Crippen LogP contribution in [0.1, 0.15) is 22.8 Å². The van der Waals surface area contributed by atoms with Gasteiger partial charge in [-0.15, -0.1) is 0 Å². The standard InChI is InChI=1S/C19H19FN2O4/c1-2-26-19(25)14-5-9-16(10-6-14)22-18(24)17(23)21-12-11-13-3-7-15(20)8-4-13/h3-10H,2,11-12H2,1H3,(H,21,23)(H,22,24). The highest BCUT2D eigenvalue weighted by Crippen LogP contribution is 2.10. The van der Waals surface area contributed by atoms with E-state index in [4.69, 9.17) is 4.74 Å². The van der Waals surface area contributed by atoms with Crippen molar-refractivity contribution in [3.63, 3.8) is 0 Å². The third-order valence-electron chi connectivity index (χ3n) is 3.47. The molecule has 0 spiro atoms. The Bertz CT molecular complexity index is 773. The number of rotatable bonds is 6. The van der Waals surface area contributed by atoms with Crippen LogP contribution in [0, 0.1) is 5.82 Å². The number of carbonyl (C=O) groups is 3.